The number of fused-ring (bicyclic) bond motifs is 1. The van der Waals surface area contributed by atoms with Gasteiger partial charge in [-0.1, -0.05) is 78.4 Å². The van der Waals surface area contributed by atoms with Crippen LogP contribution in [0.5, 0.6) is 0 Å². The second-order valence-electron chi connectivity index (χ2n) is 9.28. The molecule has 0 saturated carbocycles. The molecular formula is C30H28F3NO3S. The molecule has 0 amide bonds. The fourth-order valence-electron chi connectivity index (χ4n) is 4.70. The van der Waals surface area contributed by atoms with Crippen molar-refractivity contribution >= 4 is 10.1 Å². The molecule has 0 bridgehead atoms. The van der Waals surface area contributed by atoms with Crippen molar-refractivity contribution in [2.24, 2.45) is 0 Å². The number of halogens is 3. The number of hydrogen-bond donors (Lipinski definition) is 0. The maximum absolute atomic E-state index is 10.7. The molecule has 0 radical (unpaired) electrons. The van der Waals surface area contributed by atoms with Crippen LogP contribution in [0.4, 0.5) is 13.2 Å². The Kier molecular flexibility index (Phi) is 8.33. The van der Waals surface area contributed by atoms with E-state index < -0.39 is 15.6 Å². The number of hydrogen-bond acceptors (Lipinski definition) is 3. The minimum Gasteiger partial charge on any atom is -0.741 e. The van der Waals surface area contributed by atoms with Crippen LogP contribution < -0.4 is 4.57 Å². The van der Waals surface area contributed by atoms with Crippen LogP contribution in [0.1, 0.15) is 35.2 Å². The summed E-state index contributed by atoms with van der Waals surface area (Å²) in [6, 6.07) is 33.2. The highest BCUT2D eigenvalue weighted by atomic mass is 32.2. The summed E-state index contributed by atoms with van der Waals surface area (Å²) in [6.07, 6.45) is 4.87. The zero-order valence-electron chi connectivity index (χ0n) is 20.9. The molecule has 4 aromatic rings. The molecule has 0 fully saturated rings. The van der Waals surface area contributed by atoms with Gasteiger partial charge >= 0.3 is 5.51 Å². The van der Waals surface area contributed by atoms with Crippen molar-refractivity contribution in [3.8, 4) is 22.4 Å². The lowest BCUT2D eigenvalue weighted by Gasteiger charge is -2.21. The fourth-order valence-corrected chi connectivity index (χ4v) is 4.70. The molecule has 4 nitrogen and oxygen atoms in total. The molecule has 8 heteroatoms. The van der Waals surface area contributed by atoms with Gasteiger partial charge in [0.15, 0.2) is 22.4 Å². The van der Waals surface area contributed by atoms with E-state index in [9.17, 15) is 13.2 Å². The molecule has 0 unspecified atom stereocenters. The van der Waals surface area contributed by atoms with E-state index in [0.29, 0.717) is 0 Å². The molecule has 1 aliphatic rings. The molecule has 0 spiro atoms. The van der Waals surface area contributed by atoms with Crippen molar-refractivity contribution < 1.29 is 30.7 Å². The molecule has 1 heterocycles. The lowest BCUT2D eigenvalue weighted by Crippen LogP contribution is -2.43. The summed E-state index contributed by atoms with van der Waals surface area (Å²) in [5.74, 6) is 0. The number of aromatic nitrogens is 1. The summed E-state index contributed by atoms with van der Waals surface area (Å²) in [4.78, 5) is 0. The van der Waals surface area contributed by atoms with Crippen LogP contribution in [0.15, 0.2) is 91.0 Å². The van der Waals surface area contributed by atoms with Gasteiger partial charge in [0, 0.05) is 29.2 Å². The van der Waals surface area contributed by atoms with Gasteiger partial charge in [0.05, 0.1) is 0 Å². The average molecular weight is 540 g/mol. The Morgan fingerprint density at radius 3 is 1.89 bits per heavy atom. The van der Waals surface area contributed by atoms with E-state index in [2.05, 4.69) is 102 Å². The maximum Gasteiger partial charge on any atom is 0.485 e. The van der Waals surface area contributed by atoms with Crippen LogP contribution in [0.3, 0.4) is 0 Å². The fraction of sp³-hybridized carbons (Fsp3) is 0.233. The van der Waals surface area contributed by atoms with Gasteiger partial charge in [0.2, 0.25) is 5.69 Å². The molecule has 0 aliphatic heterocycles. The molecule has 1 aromatic heterocycles. The Hall–Kier alpha value is -3.49. The Balaban J connectivity index is 0.000000368. The highest BCUT2D eigenvalue weighted by Crippen LogP contribution is 2.33. The summed E-state index contributed by atoms with van der Waals surface area (Å²) in [6.45, 7) is 3.07. The van der Waals surface area contributed by atoms with Gasteiger partial charge in [-0.05, 0) is 49.4 Å². The Labute approximate surface area is 221 Å². The average Bonchev–Trinajstić information content (AvgIpc) is 2.90. The van der Waals surface area contributed by atoms with E-state index >= 15 is 0 Å². The highest BCUT2D eigenvalue weighted by Gasteiger charge is 2.37. The van der Waals surface area contributed by atoms with Gasteiger partial charge in [-0.15, -0.1) is 0 Å². The molecule has 1 aliphatic carbocycles. The van der Waals surface area contributed by atoms with E-state index in [-0.39, 0.29) is 0 Å². The van der Waals surface area contributed by atoms with Gasteiger partial charge in [-0.3, -0.25) is 0 Å². The van der Waals surface area contributed by atoms with Crippen LogP contribution in [0, 0.1) is 6.92 Å². The summed E-state index contributed by atoms with van der Waals surface area (Å²) < 4.78 is 61.5. The van der Waals surface area contributed by atoms with Gasteiger partial charge in [-0.2, -0.15) is 17.7 Å². The lowest BCUT2D eigenvalue weighted by molar-refractivity contribution is -0.685. The summed E-state index contributed by atoms with van der Waals surface area (Å²) in [5.41, 5.74) is 5.43. The first kappa shape index (κ1) is 27.5. The van der Waals surface area contributed by atoms with E-state index in [1.165, 1.54) is 58.5 Å². The van der Waals surface area contributed by atoms with Crippen LogP contribution >= 0.6 is 0 Å². The first-order valence-electron chi connectivity index (χ1n) is 12.3. The van der Waals surface area contributed by atoms with Crippen LogP contribution in [0.2, 0.25) is 0 Å². The minimum absolute atomic E-state index is 0.919. The van der Waals surface area contributed by atoms with Gasteiger partial charge in [0.1, 0.15) is 0 Å². The third-order valence-corrected chi connectivity index (χ3v) is 7.13. The van der Waals surface area contributed by atoms with Crippen molar-refractivity contribution in [2.75, 3.05) is 0 Å². The Morgan fingerprint density at radius 2 is 1.34 bits per heavy atom. The number of nitrogens with zero attached hydrogens (tertiary/aromatic N) is 1. The first-order valence-corrected chi connectivity index (χ1v) is 13.7. The van der Waals surface area contributed by atoms with Gasteiger partial charge in [0.25, 0.3) is 0 Å². The van der Waals surface area contributed by atoms with Crippen LogP contribution in [-0.2, 0) is 29.5 Å². The molecule has 0 atom stereocenters. The smallest absolute Gasteiger partial charge is 0.485 e. The minimum atomic E-state index is -6.09. The summed E-state index contributed by atoms with van der Waals surface area (Å²) in [5, 5.41) is 0. The summed E-state index contributed by atoms with van der Waals surface area (Å²) in [7, 11) is -6.09. The SMILES string of the molecule is Cc1ccc(C[n+]2c(-c3ccccc3)cc(-c3ccccc3)c3c2CCCC3)cc1.O=S(=O)([O-])C(F)(F)F. The molecule has 3 aromatic carbocycles. The predicted molar refractivity (Wildman–Crippen MR) is 140 cm³/mol. The zero-order chi connectivity index (χ0) is 27.3. The third-order valence-electron chi connectivity index (χ3n) is 6.56. The maximum atomic E-state index is 10.7. The number of pyridine rings is 1. The Bertz CT molecular complexity index is 1490. The van der Waals surface area contributed by atoms with Crippen molar-refractivity contribution in [1.82, 2.24) is 0 Å². The van der Waals surface area contributed by atoms with Crippen LogP contribution in [-0.4, -0.2) is 18.5 Å². The predicted octanol–water partition coefficient (Wildman–Crippen LogP) is 6.60. The second kappa shape index (κ2) is 11.5. The summed E-state index contributed by atoms with van der Waals surface area (Å²) >= 11 is 0. The molecular weight excluding hydrogens is 511 g/mol. The standard InChI is InChI=1S/C29H28N.CHF3O3S/c1-22-16-18-23(19-17-22)21-30-28-15-9-8-14-26(28)27(24-10-4-2-5-11-24)20-29(30)25-12-6-3-7-13-25;2-1(3,4)8(5,6)7/h2-7,10-13,16-20H,8-9,14-15,21H2,1H3;(H,5,6,7)/q+1;/p-1. The van der Waals surface area contributed by atoms with E-state index in [1.807, 2.05) is 0 Å². The highest BCUT2D eigenvalue weighted by molar-refractivity contribution is 7.86. The number of benzene rings is 3. The largest absolute Gasteiger partial charge is 0.741 e. The molecule has 38 heavy (non-hydrogen) atoms. The Morgan fingerprint density at radius 1 is 0.816 bits per heavy atom. The van der Waals surface area contributed by atoms with E-state index in [0.717, 1.165) is 13.0 Å². The number of alkyl halides is 3. The monoisotopic (exact) mass is 539 g/mol. The number of rotatable bonds is 4. The lowest BCUT2D eigenvalue weighted by atomic mass is 9.87. The molecule has 0 saturated heterocycles. The van der Waals surface area contributed by atoms with E-state index in [4.69, 9.17) is 13.0 Å². The second-order valence-corrected chi connectivity index (χ2v) is 10.7. The molecule has 198 valence electrons. The normalized spacial score (nSPS) is 13.3. The van der Waals surface area contributed by atoms with Crippen molar-refractivity contribution in [3.63, 3.8) is 0 Å². The van der Waals surface area contributed by atoms with Gasteiger partial charge < -0.3 is 4.55 Å². The third kappa shape index (κ3) is 6.49. The topological polar surface area (TPSA) is 61.1 Å². The van der Waals surface area contributed by atoms with Gasteiger partial charge in [-0.25, -0.2) is 8.42 Å². The van der Waals surface area contributed by atoms with Crippen LogP contribution in [0.25, 0.3) is 22.4 Å². The van der Waals surface area contributed by atoms with Crippen molar-refractivity contribution in [1.29, 1.82) is 0 Å². The molecule has 5 rings (SSSR count). The zero-order valence-corrected chi connectivity index (χ0v) is 21.7. The quantitative estimate of drug-likeness (QED) is 0.167. The van der Waals surface area contributed by atoms with Crippen molar-refractivity contribution in [2.45, 2.75) is 44.7 Å². The first-order chi connectivity index (χ1) is 18.0. The van der Waals surface area contributed by atoms with E-state index in [1.54, 1.807) is 5.56 Å². The van der Waals surface area contributed by atoms with Crippen molar-refractivity contribution in [3.05, 3.63) is 113 Å². The number of aryl methyl sites for hydroxylation is 1. The molecule has 0 N–H and O–H groups in total.